The van der Waals surface area contributed by atoms with E-state index >= 15 is 0 Å². The van der Waals surface area contributed by atoms with E-state index in [1.165, 1.54) is 12.8 Å². The summed E-state index contributed by atoms with van der Waals surface area (Å²) in [7, 11) is 0. The maximum absolute atomic E-state index is 6.38. The van der Waals surface area contributed by atoms with Gasteiger partial charge in [-0.1, -0.05) is 49.0 Å². The Bertz CT molecular complexity index is 637. The Hall–Kier alpha value is -1.19. The lowest BCUT2D eigenvalue weighted by atomic mass is 9.77. The van der Waals surface area contributed by atoms with E-state index in [1.807, 2.05) is 18.2 Å². The van der Waals surface area contributed by atoms with E-state index in [4.69, 9.17) is 28.9 Å². The van der Waals surface area contributed by atoms with Crippen LogP contribution in [0.5, 0.6) is 0 Å². The first kappa shape index (κ1) is 14.7. The van der Waals surface area contributed by atoms with Crippen LogP contribution in [0.15, 0.2) is 18.2 Å². The molecule has 112 valence electrons. The summed E-state index contributed by atoms with van der Waals surface area (Å²) in [6.07, 6.45) is 5.84. The quantitative estimate of drug-likeness (QED) is 0.816. The van der Waals surface area contributed by atoms with Crippen LogP contribution in [0.1, 0.15) is 44.7 Å². The highest BCUT2D eigenvalue weighted by Gasteiger charge is 2.38. The number of nitrogens with zero attached hydrogens (tertiary/aromatic N) is 1. The summed E-state index contributed by atoms with van der Waals surface area (Å²) in [6.45, 7) is 2.22. The Morgan fingerprint density at radius 3 is 2.38 bits per heavy atom. The molecule has 3 N–H and O–H groups in total. The standard InChI is InChI=1S/C16H19Cl2N3/c1-2-16(8-3-4-9-16)14-13(15(19)21-20-14)12-10(17)6-5-7-11(12)18/h5-7H,2-4,8-9H2,1H3,(H3,19,20,21). The zero-order chi connectivity index (χ0) is 15.0. The van der Waals surface area contributed by atoms with Crippen LogP contribution in [0.4, 0.5) is 5.82 Å². The van der Waals surface area contributed by atoms with E-state index in [9.17, 15) is 0 Å². The van der Waals surface area contributed by atoms with Gasteiger partial charge in [0.15, 0.2) is 5.82 Å². The second-order valence-corrected chi connectivity index (χ2v) is 6.61. The molecule has 1 fully saturated rings. The van der Waals surface area contributed by atoms with Crippen LogP contribution in [0.3, 0.4) is 0 Å². The minimum atomic E-state index is 0.114. The summed E-state index contributed by atoms with van der Waals surface area (Å²) in [5.74, 6) is 0.472. The van der Waals surface area contributed by atoms with E-state index in [1.54, 1.807) is 0 Å². The number of anilines is 1. The number of aromatic amines is 1. The number of nitrogens with one attached hydrogen (secondary N) is 1. The molecule has 1 aliphatic carbocycles. The van der Waals surface area contributed by atoms with Crippen LogP contribution in [0.2, 0.25) is 10.0 Å². The lowest BCUT2D eigenvalue weighted by Gasteiger charge is -2.27. The van der Waals surface area contributed by atoms with Gasteiger partial charge in [-0.2, -0.15) is 5.10 Å². The first-order valence-electron chi connectivity index (χ1n) is 7.38. The molecule has 0 atom stereocenters. The smallest absolute Gasteiger partial charge is 0.153 e. The Kier molecular flexibility index (Phi) is 3.89. The van der Waals surface area contributed by atoms with Crippen LogP contribution in [-0.2, 0) is 5.41 Å². The van der Waals surface area contributed by atoms with Crippen molar-refractivity contribution in [1.29, 1.82) is 0 Å². The third-order valence-electron chi connectivity index (χ3n) is 4.77. The van der Waals surface area contributed by atoms with Crippen molar-refractivity contribution in [3.63, 3.8) is 0 Å². The number of hydrogen-bond donors (Lipinski definition) is 2. The van der Waals surface area contributed by atoms with Crippen molar-refractivity contribution >= 4 is 29.0 Å². The third kappa shape index (κ3) is 2.33. The van der Waals surface area contributed by atoms with Gasteiger partial charge in [0.25, 0.3) is 0 Å². The Morgan fingerprint density at radius 1 is 1.19 bits per heavy atom. The largest absolute Gasteiger partial charge is 0.382 e. The van der Waals surface area contributed by atoms with Crippen molar-refractivity contribution in [3.05, 3.63) is 33.9 Å². The molecule has 3 rings (SSSR count). The molecule has 0 amide bonds. The van der Waals surface area contributed by atoms with Gasteiger partial charge in [0.2, 0.25) is 0 Å². The van der Waals surface area contributed by atoms with Crippen molar-refractivity contribution in [2.24, 2.45) is 0 Å². The lowest BCUT2D eigenvalue weighted by Crippen LogP contribution is -2.22. The molecule has 0 spiro atoms. The first-order chi connectivity index (χ1) is 10.1. The molecule has 5 heteroatoms. The maximum atomic E-state index is 6.38. The minimum absolute atomic E-state index is 0.114. The van der Waals surface area contributed by atoms with Crippen molar-refractivity contribution < 1.29 is 0 Å². The Morgan fingerprint density at radius 2 is 1.81 bits per heavy atom. The number of aromatic nitrogens is 2. The fraction of sp³-hybridized carbons (Fsp3) is 0.438. The summed E-state index contributed by atoms with van der Waals surface area (Å²) >= 11 is 12.8. The number of benzene rings is 1. The molecule has 0 unspecified atom stereocenters. The van der Waals surface area contributed by atoms with Crippen LogP contribution < -0.4 is 5.73 Å². The number of nitrogen functional groups attached to an aromatic ring is 1. The number of halogens is 2. The van der Waals surface area contributed by atoms with Gasteiger partial charge >= 0.3 is 0 Å². The molecule has 3 nitrogen and oxygen atoms in total. The highest BCUT2D eigenvalue weighted by Crippen LogP contribution is 2.49. The number of H-pyrrole nitrogens is 1. The number of nitrogens with two attached hydrogens (primary N) is 1. The fourth-order valence-corrected chi connectivity index (χ4v) is 4.15. The van der Waals surface area contributed by atoms with Crippen LogP contribution in [0, 0.1) is 0 Å². The van der Waals surface area contributed by atoms with Crippen molar-refractivity contribution in [3.8, 4) is 11.1 Å². The highest BCUT2D eigenvalue weighted by atomic mass is 35.5. The van der Waals surface area contributed by atoms with Gasteiger partial charge < -0.3 is 5.73 Å². The second-order valence-electron chi connectivity index (χ2n) is 5.80. The molecule has 21 heavy (non-hydrogen) atoms. The second kappa shape index (κ2) is 5.54. The summed E-state index contributed by atoms with van der Waals surface area (Å²) in [5, 5.41) is 8.64. The van der Waals surface area contributed by atoms with Crippen LogP contribution >= 0.6 is 23.2 Å². The Balaban J connectivity index is 2.23. The Labute approximate surface area is 134 Å². The predicted molar refractivity (Wildman–Crippen MR) is 88.9 cm³/mol. The van der Waals surface area contributed by atoms with E-state index in [-0.39, 0.29) is 5.41 Å². The molecule has 1 saturated carbocycles. The zero-order valence-electron chi connectivity index (χ0n) is 12.0. The van der Waals surface area contributed by atoms with Crippen LogP contribution in [0.25, 0.3) is 11.1 Å². The van der Waals surface area contributed by atoms with Crippen molar-refractivity contribution in [2.45, 2.75) is 44.4 Å². The summed E-state index contributed by atoms with van der Waals surface area (Å²) in [5.41, 5.74) is 9.02. The van der Waals surface area contributed by atoms with Crippen LogP contribution in [-0.4, -0.2) is 10.2 Å². The number of hydrogen-bond acceptors (Lipinski definition) is 2. The zero-order valence-corrected chi connectivity index (χ0v) is 13.6. The third-order valence-corrected chi connectivity index (χ3v) is 5.40. The molecule has 1 aromatic heterocycles. The molecule has 1 aliphatic rings. The van der Waals surface area contributed by atoms with E-state index in [0.29, 0.717) is 15.9 Å². The summed E-state index contributed by atoms with van der Waals surface area (Å²) in [6, 6.07) is 5.52. The highest BCUT2D eigenvalue weighted by molar-refractivity contribution is 6.39. The molecule has 0 saturated heterocycles. The van der Waals surface area contributed by atoms with E-state index < -0.39 is 0 Å². The maximum Gasteiger partial charge on any atom is 0.153 e. The molecule has 0 aliphatic heterocycles. The molecular weight excluding hydrogens is 305 g/mol. The number of rotatable bonds is 3. The average Bonchev–Trinajstić information content (AvgIpc) is 3.07. The molecule has 0 radical (unpaired) electrons. The fourth-order valence-electron chi connectivity index (χ4n) is 3.56. The molecule has 1 heterocycles. The monoisotopic (exact) mass is 323 g/mol. The predicted octanol–water partition coefficient (Wildman–Crippen LogP) is 5.19. The summed E-state index contributed by atoms with van der Waals surface area (Å²) in [4.78, 5) is 0. The van der Waals surface area contributed by atoms with Gasteiger partial charge in [0.1, 0.15) is 0 Å². The first-order valence-corrected chi connectivity index (χ1v) is 8.13. The summed E-state index contributed by atoms with van der Waals surface area (Å²) < 4.78 is 0. The lowest BCUT2D eigenvalue weighted by molar-refractivity contribution is 0.413. The van der Waals surface area contributed by atoms with Gasteiger partial charge in [-0.3, -0.25) is 5.10 Å². The van der Waals surface area contributed by atoms with E-state index in [2.05, 4.69) is 17.1 Å². The van der Waals surface area contributed by atoms with Gasteiger partial charge in [0, 0.05) is 11.0 Å². The average molecular weight is 324 g/mol. The van der Waals surface area contributed by atoms with Gasteiger partial charge in [0.05, 0.1) is 21.3 Å². The molecule has 1 aromatic carbocycles. The van der Waals surface area contributed by atoms with Crippen molar-refractivity contribution in [1.82, 2.24) is 10.2 Å². The molecule has 0 bridgehead atoms. The van der Waals surface area contributed by atoms with E-state index in [0.717, 1.165) is 36.1 Å². The normalized spacial score (nSPS) is 17.3. The SMILES string of the molecule is CCC1(c2[nH]nc(N)c2-c2c(Cl)cccc2Cl)CCCC1. The van der Waals surface area contributed by atoms with Gasteiger partial charge in [-0.05, 0) is 31.4 Å². The van der Waals surface area contributed by atoms with Crippen molar-refractivity contribution in [2.75, 3.05) is 5.73 Å². The minimum Gasteiger partial charge on any atom is -0.382 e. The van der Waals surface area contributed by atoms with Gasteiger partial charge in [-0.25, -0.2) is 0 Å². The van der Waals surface area contributed by atoms with Gasteiger partial charge in [-0.15, -0.1) is 0 Å². The molecule has 2 aromatic rings. The topological polar surface area (TPSA) is 54.7 Å². The molecular formula is C16H19Cl2N3.